The van der Waals surface area contributed by atoms with E-state index in [0.29, 0.717) is 0 Å². The molecule has 1 aromatic carbocycles. The first-order valence-corrected chi connectivity index (χ1v) is 6.19. The molecule has 0 aliphatic rings. The third-order valence-corrected chi connectivity index (χ3v) is 2.68. The van der Waals surface area contributed by atoms with Crippen molar-refractivity contribution in [3.63, 3.8) is 0 Å². The van der Waals surface area contributed by atoms with E-state index >= 15 is 0 Å². The molecule has 0 saturated heterocycles. The van der Waals surface area contributed by atoms with Crippen molar-refractivity contribution in [2.24, 2.45) is 0 Å². The first-order valence-electron chi connectivity index (χ1n) is 3.04. The molecule has 1 rings (SSSR count). The van der Waals surface area contributed by atoms with E-state index in [-0.39, 0.29) is 0 Å². The molecule has 0 unspecified atom stereocenters. The predicted octanol–water partition coefficient (Wildman–Crippen LogP) is 1.91. The van der Waals surface area contributed by atoms with Crippen molar-refractivity contribution in [3.8, 4) is 0 Å². The van der Waals surface area contributed by atoms with Crippen LogP contribution in [0.15, 0.2) is 30.3 Å². The van der Waals surface area contributed by atoms with Gasteiger partial charge in [0.15, 0.2) is 0 Å². The first kappa shape index (κ1) is 12.3. The summed E-state index contributed by atoms with van der Waals surface area (Å²) in [5.74, 6) is 0. The average molecular weight is 379 g/mol. The third-order valence-electron chi connectivity index (χ3n) is 0.843. The molecule has 0 radical (unpaired) electrons. The van der Waals surface area contributed by atoms with E-state index in [1.54, 1.807) is 0 Å². The quantitative estimate of drug-likeness (QED) is 0.491. The van der Waals surface area contributed by atoms with Crippen LogP contribution in [0.2, 0.25) is 0 Å². The Hall–Kier alpha value is 0.295. The molecule has 0 heterocycles. The topological polar surface area (TPSA) is 0 Å². The maximum absolute atomic E-state index is 10.2. The van der Waals surface area contributed by atoms with Crippen LogP contribution in [-0.4, -0.2) is 5.51 Å². The fraction of sp³-hybridized carbons (Fsp3) is 0.143. The minimum atomic E-state index is -4.42. The van der Waals surface area contributed by atoms with Crippen LogP contribution in [0.25, 0.3) is 0 Å². The van der Waals surface area contributed by atoms with Gasteiger partial charge in [0.05, 0.1) is 0 Å². The Morgan fingerprint density at radius 3 is 1.58 bits per heavy atom. The van der Waals surface area contributed by atoms with Crippen molar-refractivity contribution in [1.82, 2.24) is 0 Å². The van der Waals surface area contributed by atoms with Gasteiger partial charge in [-0.25, -0.2) is 0 Å². The van der Waals surface area contributed by atoms with Gasteiger partial charge in [0.1, 0.15) is 0 Å². The van der Waals surface area contributed by atoms with Gasteiger partial charge in [-0.15, -0.1) is 0 Å². The Morgan fingerprint density at radius 2 is 1.42 bits per heavy atom. The monoisotopic (exact) mass is 380 g/mol. The molecular formula is C7H5F3HgS. The van der Waals surface area contributed by atoms with E-state index in [4.69, 9.17) is 0 Å². The SMILES string of the molecule is FC(F)(F)[S-].[Hg+][c]1ccccc1. The molecule has 0 aliphatic carbocycles. The zero-order valence-electron chi connectivity index (χ0n) is 6.14. The van der Waals surface area contributed by atoms with Crippen LogP contribution in [0, 0.1) is 0 Å². The normalized spacial score (nSPS) is 10.2. The number of halogens is 3. The number of benzene rings is 1. The van der Waals surface area contributed by atoms with Crippen LogP contribution >= 0.6 is 0 Å². The molecule has 1 aromatic rings. The number of hydrogen-bond donors (Lipinski definition) is 0. The molecule has 5 heteroatoms. The van der Waals surface area contributed by atoms with Gasteiger partial charge in [-0.2, -0.15) is 13.2 Å². The maximum atomic E-state index is 10.2. The second-order valence-corrected chi connectivity index (χ2v) is 5.57. The van der Waals surface area contributed by atoms with Crippen molar-refractivity contribution < 1.29 is 39.3 Å². The summed E-state index contributed by atoms with van der Waals surface area (Å²) in [6.45, 7) is 0. The van der Waals surface area contributed by atoms with Gasteiger partial charge >= 0.3 is 59.5 Å². The summed E-state index contributed by atoms with van der Waals surface area (Å²) in [4.78, 5) is 0. The fourth-order valence-corrected chi connectivity index (χ4v) is 1.54. The standard InChI is InChI=1S/C6H5.CHF3S.Hg/c1-2-4-6-5-3-1;2-1(3,4)5;/h1-5H;5H;/q;;+1/p-1. The van der Waals surface area contributed by atoms with Crippen LogP contribution in [0.1, 0.15) is 0 Å². The summed E-state index contributed by atoms with van der Waals surface area (Å²) in [5.41, 5.74) is -4.42. The van der Waals surface area contributed by atoms with E-state index in [1.807, 2.05) is 0 Å². The summed E-state index contributed by atoms with van der Waals surface area (Å²) < 4.78 is 32.0. The molecule has 0 amide bonds. The minimum absolute atomic E-state index is 0.810. The van der Waals surface area contributed by atoms with E-state index in [1.165, 1.54) is 3.07 Å². The molecule has 0 bridgehead atoms. The van der Waals surface area contributed by atoms with Crippen molar-refractivity contribution in [3.05, 3.63) is 30.3 Å². The Morgan fingerprint density at radius 1 is 1.08 bits per heavy atom. The van der Waals surface area contributed by atoms with Crippen molar-refractivity contribution in [2.45, 2.75) is 5.51 Å². The van der Waals surface area contributed by atoms with E-state index in [2.05, 4.69) is 43.0 Å². The molecule has 62 valence electrons. The molecule has 0 aromatic heterocycles. The van der Waals surface area contributed by atoms with Gasteiger partial charge < -0.3 is 12.6 Å². The Bertz CT molecular complexity index is 204. The molecule has 0 saturated carbocycles. The summed E-state index contributed by atoms with van der Waals surface area (Å²) in [6, 6.07) is 10.6. The summed E-state index contributed by atoms with van der Waals surface area (Å²) >= 11 is 3.64. The predicted molar refractivity (Wildman–Crippen MR) is 39.5 cm³/mol. The number of hydrogen-bond acceptors (Lipinski definition) is 1. The number of alkyl halides is 3. The van der Waals surface area contributed by atoms with E-state index in [9.17, 15) is 13.2 Å². The van der Waals surface area contributed by atoms with Gasteiger partial charge in [-0.1, -0.05) is 0 Å². The van der Waals surface area contributed by atoms with Crippen molar-refractivity contribution >= 4 is 15.7 Å². The molecular weight excluding hydrogens is 374 g/mol. The Kier molecular flexibility index (Phi) is 6.00. The Labute approximate surface area is 90.5 Å². The first-order chi connectivity index (χ1) is 5.39. The molecule has 0 N–H and O–H groups in total. The molecule has 0 nitrogen and oxygen atoms in total. The van der Waals surface area contributed by atoms with Gasteiger partial charge in [0.2, 0.25) is 0 Å². The van der Waals surface area contributed by atoms with Gasteiger partial charge in [0.25, 0.3) is 5.51 Å². The molecule has 0 atom stereocenters. The average Bonchev–Trinajstić information content (AvgIpc) is 1.85. The molecule has 0 fully saturated rings. The Balaban J connectivity index is 0.000000217. The molecule has 12 heavy (non-hydrogen) atoms. The van der Waals surface area contributed by atoms with E-state index in [0.717, 1.165) is 26.1 Å². The summed E-state index contributed by atoms with van der Waals surface area (Å²) in [5, 5.41) is 0. The van der Waals surface area contributed by atoms with Gasteiger partial charge in [-0.05, 0) is 0 Å². The summed E-state index contributed by atoms with van der Waals surface area (Å²) in [6.07, 6.45) is 0. The van der Waals surface area contributed by atoms with Crippen LogP contribution in [0.3, 0.4) is 0 Å². The second-order valence-electron chi connectivity index (χ2n) is 1.93. The fourth-order valence-electron chi connectivity index (χ4n) is 0.478. The zero-order valence-corrected chi connectivity index (χ0v) is 12.5. The van der Waals surface area contributed by atoms with Crippen LogP contribution in [0.5, 0.6) is 0 Å². The van der Waals surface area contributed by atoms with Crippen molar-refractivity contribution in [1.29, 1.82) is 0 Å². The second kappa shape index (κ2) is 5.86. The molecule has 0 spiro atoms. The van der Waals surface area contributed by atoms with E-state index < -0.39 is 5.51 Å². The van der Waals surface area contributed by atoms with Crippen LogP contribution in [0.4, 0.5) is 13.2 Å². The molecule has 0 aliphatic heterocycles. The van der Waals surface area contributed by atoms with Gasteiger partial charge in [0, 0.05) is 0 Å². The van der Waals surface area contributed by atoms with Crippen molar-refractivity contribution in [2.75, 3.05) is 0 Å². The van der Waals surface area contributed by atoms with Crippen LogP contribution in [-0.2, 0) is 38.8 Å². The van der Waals surface area contributed by atoms with Gasteiger partial charge in [-0.3, -0.25) is 0 Å². The summed E-state index contributed by atoms with van der Waals surface area (Å²) in [7, 11) is 0. The zero-order chi connectivity index (χ0) is 9.61. The van der Waals surface area contributed by atoms with Crippen LogP contribution < -0.4 is 3.07 Å². The third kappa shape index (κ3) is 12.9. The number of rotatable bonds is 0.